The smallest absolute Gasteiger partial charge is 0.240 e. The normalized spacial score (nSPS) is 29.8. The van der Waals surface area contributed by atoms with Gasteiger partial charge in [-0.15, -0.1) is 0 Å². The maximum atomic E-state index is 12.8. The van der Waals surface area contributed by atoms with Crippen molar-refractivity contribution in [3.8, 4) is 0 Å². The summed E-state index contributed by atoms with van der Waals surface area (Å²) in [5, 5.41) is 9.12. The maximum Gasteiger partial charge on any atom is 0.240 e. The highest BCUT2D eigenvalue weighted by atomic mass is 16.2. The largest absolute Gasteiger partial charge is 0.273 e. The van der Waals surface area contributed by atoms with Gasteiger partial charge in [-0.2, -0.15) is 5.10 Å². The summed E-state index contributed by atoms with van der Waals surface area (Å²) in [6, 6.07) is 19.0. The molecular formula is C27H28N2O. The molecule has 0 radical (unpaired) electrons. The first kappa shape index (κ1) is 18.1. The Morgan fingerprint density at radius 3 is 2.00 bits per heavy atom. The summed E-state index contributed by atoms with van der Waals surface area (Å²) >= 11 is 0. The molecule has 3 nitrogen and oxygen atoms in total. The molecule has 4 saturated carbocycles. The first-order chi connectivity index (χ1) is 14.7. The zero-order chi connectivity index (χ0) is 20.1. The van der Waals surface area contributed by atoms with Crippen molar-refractivity contribution in [1.82, 2.24) is 5.43 Å². The van der Waals surface area contributed by atoms with Crippen molar-refractivity contribution in [3.05, 3.63) is 60.2 Å². The van der Waals surface area contributed by atoms with Crippen molar-refractivity contribution < 1.29 is 4.79 Å². The minimum atomic E-state index is 0.0812. The second-order valence-electron chi connectivity index (χ2n) is 10.1. The lowest BCUT2D eigenvalue weighted by Crippen LogP contribution is -2.47. The quantitative estimate of drug-likeness (QED) is 0.325. The van der Waals surface area contributed by atoms with E-state index in [1.165, 1.54) is 49.3 Å². The topological polar surface area (TPSA) is 41.5 Å². The third kappa shape index (κ3) is 3.12. The minimum absolute atomic E-state index is 0.0812. The van der Waals surface area contributed by atoms with Gasteiger partial charge in [0.15, 0.2) is 0 Å². The lowest BCUT2D eigenvalue weighted by Gasteiger charge is -2.56. The highest BCUT2D eigenvalue weighted by molar-refractivity contribution is 6.13. The zero-order valence-corrected chi connectivity index (χ0v) is 17.3. The van der Waals surface area contributed by atoms with Crippen LogP contribution in [-0.2, 0) is 4.79 Å². The number of nitrogens with one attached hydrogen (secondary N) is 1. The predicted molar refractivity (Wildman–Crippen MR) is 122 cm³/mol. The molecule has 0 aromatic heterocycles. The van der Waals surface area contributed by atoms with Crippen LogP contribution in [0.1, 0.15) is 50.5 Å². The summed E-state index contributed by atoms with van der Waals surface area (Å²) in [5.41, 5.74) is 4.18. The number of hydrogen-bond acceptors (Lipinski definition) is 2. The molecule has 3 aromatic rings. The highest BCUT2D eigenvalue weighted by Crippen LogP contribution is 2.61. The van der Waals surface area contributed by atoms with Gasteiger partial charge in [-0.1, -0.05) is 48.5 Å². The van der Waals surface area contributed by atoms with E-state index in [9.17, 15) is 4.79 Å². The lowest BCUT2D eigenvalue weighted by atomic mass is 9.49. The van der Waals surface area contributed by atoms with Crippen LogP contribution in [0.4, 0.5) is 0 Å². The molecule has 3 aromatic carbocycles. The minimum Gasteiger partial charge on any atom is -0.273 e. The van der Waals surface area contributed by atoms with Crippen molar-refractivity contribution in [2.75, 3.05) is 0 Å². The van der Waals surface area contributed by atoms with Crippen LogP contribution in [0.25, 0.3) is 21.5 Å². The Kier molecular flexibility index (Phi) is 4.19. The van der Waals surface area contributed by atoms with Crippen LogP contribution in [0, 0.1) is 23.2 Å². The first-order valence-electron chi connectivity index (χ1n) is 11.4. The molecule has 4 bridgehead atoms. The number of fused-ring (bicyclic) bond motifs is 2. The molecule has 3 heteroatoms. The summed E-state index contributed by atoms with van der Waals surface area (Å²) in [7, 11) is 0. The van der Waals surface area contributed by atoms with Crippen LogP contribution in [0.5, 0.6) is 0 Å². The van der Waals surface area contributed by atoms with Crippen molar-refractivity contribution in [1.29, 1.82) is 0 Å². The standard InChI is InChI=1S/C27H28N2O/c30-26(16-27-13-18-9-19(14-27)11-20(10-18)15-27)29-28-17-25-23-7-3-1-5-21(23)12-22-6-2-4-8-24(22)25/h1-8,12,17-20H,9-11,13-16H2,(H,29,30)/b28-17-. The van der Waals surface area contributed by atoms with Gasteiger partial charge in [-0.05, 0) is 89.3 Å². The van der Waals surface area contributed by atoms with Gasteiger partial charge in [0.2, 0.25) is 5.91 Å². The lowest BCUT2D eigenvalue weighted by molar-refractivity contribution is -0.129. The van der Waals surface area contributed by atoms with E-state index in [0.29, 0.717) is 6.42 Å². The van der Waals surface area contributed by atoms with E-state index in [1.807, 2.05) is 6.21 Å². The Bertz CT molecular complexity index is 1070. The van der Waals surface area contributed by atoms with Gasteiger partial charge in [-0.3, -0.25) is 4.79 Å². The van der Waals surface area contributed by atoms with Gasteiger partial charge in [0.25, 0.3) is 0 Å². The first-order valence-corrected chi connectivity index (χ1v) is 11.4. The number of hydrazone groups is 1. The Morgan fingerprint density at radius 2 is 1.43 bits per heavy atom. The van der Waals surface area contributed by atoms with Gasteiger partial charge in [0, 0.05) is 12.0 Å². The molecule has 30 heavy (non-hydrogen) atoms. The van der Waals surface area contributed by atoms with Crippen LogP contribution >= 0.6 is 0 Å². The molecule has 4 fully saturated rings. The van der Waals surface area contributed by atoms with E-state index < -0.39 is 0 Å². The van der Waals surface area contributed by atoms with E-state index in [-0.39, 0.29) is 11.3 Å². The van der Waals surface area contributed by atoms with Gasteiger partial charge in [0.1, 0.15) is 0 Å². The van der Waals surface area contributed by atoms with E-state index in [2.05, 4.69) is 65.1 Å². The number of carbonyl (C=O) groups excluding carboxylic acids is 1. The van der Waals surface area contributed by atoms with Gasteiger partial charge in [-0.25, -0.2) is 5.43 Å². The van der Waals surface area contributed by atoms with Crippen molar-refractivity contribution >= 4 is 33.7 Å². The van der Waals surface area contributed by atoms with Crippen molar-refractivity contribution in [2.45, 2.75) is 44.9 Å². The SMILES string of the molecule is O=C(CC12CC3CC(CC(C3)C1)C2)N/N=C\c1c2ccccc2cc2ccccc12. The van der Waals surface area contributed by atoms with E-state index in [4.69, 9.17) is 0 Å². The second-order valence-corrected chi connectivity index (χ2v) is 10.1. The Labute approximate surface area is 177 Å². The number of rotatable bonds is 4. The molecule has 0 spiro atoms. The Morgan fingerprint density at radius 1 is 0.900 bits per heavy atom. The summed E-state index contributed by atoms with van der Waals surface area (Å²) in [6.45, 7) is 0. The van der Waals surface area contributed by atoms with Crippen LogP contribution in [0.3, 0.4) is 0 Å². The molecule has 4 aliphatic rings. The number of hydrogen-bond donors (Lipinski definition) is 1. The molecule has 152 valence electrons. The summed E-state index contributed by atoms with van der Waals surface area (Å²) in [4.78, 5) is 12.8. The molecular weight excluding hydrogens is 368 g/mol. The number of carbonyl (C=O) groups is 1. The van der Waals surface area contributed by atoms with Gasteiger partial charge in [0.05, 0.1) is 6.21 Å². The Balaban J connectivity index is 1.24. The monoisotopic (exact) mass is 396 g/mol. The molecule has 0 aliphatic heterocycles. The average molecular weight is 397 g/mol. The van der Waals surface area contributed by atoms with Crippen LogP contribution in [-0.4, -0.2) is 12.1 Å². The fraction of sp³-hybridized carbons (Fsp3) is 0.407. The summed E-state index contributed by atoms with van der Waals surface area (Å²) < 4.78 is 0. The third-order valence-corrected chi connectivity index (χ3v) is 7.90. The number of amides is 1. The Hall–Kier alpha value is -2.68. The molecule has 0 unspecified atom stereocenters. The molecule has 4 aliphatic carbocycles. The third-order valence-electron chi connectivity index (χ3n) is 7.90. The fourth-order valence-corrected chi connectivity index (χ4v) is 7.24. The molecule has 0 atom stereocenters. The molecule has 7 rings (SSSR count). The molecule has 1 amide bonds. The van der Waals surface area contributed by atoms with Gasteiger partial charge >= 0.3 is 0 Å². The molecule has 1 N–H and O–H groups in total. The van der Waals surface area contributed by atoms with E-state index in [0.717, 1.165) is 34.1 Å². The van der Waals surface area contributed by atoms with E-state index in [1.54, 1.807) is 0 Å². The zero-order valence-electron chi connectivity index (χ0n) is 17.3. The van der Waals surface area contributed by atoms with Gasteiger partial charge < -0.3 is 0 Å². The number of nitrogens with zero attached hydrogens (tertiary/aromatic N) is 1. The van der Waals surface area contributed by atoms with Crippen LogP contribution in [0.2, 0.25) is 0 Å². The second kappa shape index (κ2) is 6.94. The fourth-order valence-electron chi connectivity index (χ4n) is 7.24. The highest BCUT2D eigenvalue weighted by Gasteiger charge is 2.51. The van der Waals surface area contributed by atoms with Crippen LogP contribution in [0.15, 0.2) is 59.7 Å². The van der Waals surface area contributed by atoms with E-state index >= 15 is 0 Å². The van der Waals surface area contributed by atoms with Crippen molar-refractivity contribution in [2.24, 2.45) is 28.3 Å². The average Bonchev–Trinajstić information content (AvgIpc) is 2.72. The van der Waals surface area contributed by atoms with Crippen molar-refractivity contribution in [3.63, 3.8) is 0 Å². The maximum absolute atomic E-state index is 12.8. The molecule has 0 heterocycles. The summed E-state index contributed by atoms with van der Waals surface area (Å²) in [6.07, 6.45) is 10.5. The summed E-state index contributed by atoms with van der Waals surface area (Å²) in [5.74, 6) is 2.69. The molecule has 0 saturated heterocycles. The predicted octanol–water partition coefficient (Wildman–Crippen LogP) is 6.05. The van der Waals surface area contributed by atoms with Crippen LogP contribution < -0.4 is 5.43 Å². The number of benzene rings is 3.